The minimum absolute atomic E-state index is 0. The summed E-state index contributed by atoms with van der Waals surface area (Å²) in [5.41, 5.74) is 0.451. The largest absolute Gasteiger partial charge is 1.00 e. The molecule has 0 fully saturated rings. The first kappa shape index (κ1) is 18.7. The first-order valence-corrected chi connectivity index (χ1v) is 6.37. The smallest absolute Gasteiger partial charge is 0.492 e. The van der Waals surface area contributed by atoms with Crippen molar-refractivity contribution in [2.75, 3.05) is 6.61 Å². The Labute approximate surface area is 164 Å². The molecular formula is C14H14BF3KNO. The Kier molecular flexibility index (Phi) is 7.97. The first-order chi connectivity index (χ1) is 9.55. The predicted octanol–water partition coefficient (Wildman–Crippen LogP) is 0.152. The summed E-state index contributed by atoms with van der Waals surface area (Å²) in [5, 5.41) is 0. The Bertz CT molecular complexity index is 551. The second kappa shape index (κ2) is 8.95. The van der Waals surface area contributed by atoms with Crippen LogP contribution in [0.15, 0.2) is 48.8 Å². The zero-order chi connectivity index (χ0) is 14.4. The van der Waals surface area contributed by atoms with E-state index in [1.54, 1.807) is 0 Å². The van der Waals surface area contributed by atoms with Crippen LogP contribution in [0.4, 0.5) is 12.9 Å². The molecule has 1 aromatic carbocycles. The molecule has 0 saturated carbocycles. The fourth-order valence-corrected chi connectivity index (χ4v) is 1.80. The van der Waals surface area contributed by atoms with Gasteiger partial charge in [0.25, 0.3) is 0 Å². The van der Waals surface area contributed by atoms with Gasteiger partial charge < -0.3 is 17.7 Å². The topological polar surface area (TPSA) is 22.1 Å². The molecule has 7 heteroatoms. The predicted molar refractivity (Wildman–Crippen MR) is 73.2 cm³/mol. The Morgan fingerprint density at radius 1 is 1.05 bits per heavy atom. The molecule has 0 unspecified atom stereocenters. The van der Waals surface area contributed by atoms with E-state index in [9.17, 15) is 12.9 Å². The summed E-state index contributed by atoms with van der Waals surface area (Å²) in [6.45, 7) is -4.66. The van der Waals surface area contributed by atoms with E-state index in [0.29, 0.717) is 6.61 Å². The molecule has 0 bridgehead atoms. The van der Waals surface area contributed by atoms with Crippen molar-refractivity contribution < 1.29 is 69.1 Å². The van der Waals surface area contributed by atoms with Gasteiger partial charge in [0.15, 0.2) is 0 Å². The van der Waals surface area contributed by atoms with Crippen molar-refractivity contribution in [2.45, 2.75) is 12.8 Å². The molecule has 0 aliphatic carbocycles. The minimum atomic E-state index is -5.03. The number of aromatic nitrogens is 1. The van der Waals surface area contributed by atoms with Gasteiger partial charge in [0, 0.05) is 6.20 Å². The molecule has 0 amide bonds. The molecule has 0 radical (unpaired) electrons. The van der Waals surface area contributed by atoms with Gasteiger partial charge in [-0.1, -0.05) is 35.8 Å². The maximum absolute atomic E-state index is 12.5. The summed E-state index contributed by atoms with van der Waals surface area (Å²) < 4.78 is 42.9. The molecule has 0 atom stereocenters. The number of hydrogen-bond acceptors (Lipinski definition) is 2. The third-order valence-corrected chi connectivity index (χ3v) is 2.83. The second-order valence-corrected chi connectivity index (χ2v) is 4.47. The van der Waals surface area contributed by atoms with Gasteiger partial charge in [0.2, 0.25) is 0 Å². The molecule has 2 rings (SSSR count). The van der Waals surface area contributed by atoms with Crippen molar-refractivity contribution in [2.24, 2.45) is 0 Å². The van der Waals surface area contributed by atoms with Gasteiger partial charge in [-0.15, -0.1) is 0 Å². The van der Waals surface area contributed by atoms with Gasteiger partial charge in [-0.05, 0) is 24.5 Å². The minimum Gasteiger partial charge on any atom is -0.492 e. The van der Waals surface area contributed by atoms with Gasteiger partial charge >= 0.3 is 58.4 Å². The molecular weight excluding hydrogens is 305 g/mol. The van der Waals surface area contributed by atoms with Crippen molar-refractivity contribution in [1.29, 1.82) is 0 Å². The zero-order valence-corrected chi connectivity index (χ0v) is 14.9. The molecule has 1 heterocycles. The SMILES string of the molecule is F[B-](F)(F)c1cncc(OCCCc2ccccc2)c1.[K+]. The molecule has 1 aromatic heterocycles. The zero-order valence-electron chi connectivity index (χ0n) is 11.8. The summed E-state index contributed by atoms with van der Waals surface area (Å²) in [5.74, 6) is 0.162. The van der Waals surface area contributed by atoms with Crippen LogP contribution in [0.2, 0.25) is 0 Å². The van der Waals surface area contributed by atoms with Crippen molar-refractivity contribution in [3.05, 3.63) is 54.4 Å². The quantitative estimate of drug-likeness (QED) is 0.559. The van der Waals surface area contributed by atoms with Crippen LogP contribution in [0, 0.1) is 0 Å². The van der Waals surface area contributed by atoms with Crippen molar-refractivity contribution in [1.82, 2.24) is 4.98 Å². The first-order valence-electron chi connectivity index (χ1n) is 6.37. The second-order valence-electron chi connectivity index (χ2n) is 4.47. The van der Waals surface area contributed by atoms with E-state index in [4.69, 9.17) is 4.74 Å². The van der Waals surface area contributed by atoms with Crippen LogP contribution in [0.3, 0.4) is 0 Å². The number of aryl methyl sites for hydroxylation is 1. The third kappa shape index (κ3) is 6.52. The maximum Gasteiger partial charge on any atom is 1.00 e. The van der Waals surface area contributed by atoms with Crippen LogP contribution in [0.1, 0.15) is 12.0 Å². The monoisotopic (exact) mass is 319 g/mol. The van der Waals surface area contributed by atoms with Crippen LogP contribution in [-0.4, -0.2) is 18.6 Å². The number of pyridine rings is 1. The van der Waals surface area contributed by atoms with Crippen molar-refractivity contribution >= 4 is 12.4 Å². The molecule has 2 nitrogen and oxygen atoms in total. The number of rotatable bonds is 6. The van der Waals surface area contributed by atoms with Crippen molar-refractivity contribution in [3.8, 4) is 5.75 Å². The Morgan fingerprint density at radius 3 is 2.43 bits per heavy atom. The van der Waals surface area contributed by atoms with E-state index in [1.165, 1.54) is 11.8 Å². The van der Waals surface area contributed by atoms with Crippen LogP contribution in [0.5, 0.6) is 5.75 Å². The van der Waals surface area contributed by atoms with E-state index in [2.05, 4.69) is 4.98 Å². The van der Waals surface area contributed by atoms with Gasteiger partial charge in [0.1, 0.15) is 5.75 Å². The molecule has 2 aromatic rings. The number of hydrogen-bond donors (Lipinski definition) is 0. The van der Waals surface area contributed by atoms with Crippen LogP contribution in [0.25, 0.3) is 0 Å². The van der Waals surface area contributed by atoms with Gasteiger partial charge in [-0.3, -0.25) is 4.98 Å². The molecule has 0 N–H and O–H groups in total. The van der Waals surface area contributed by atoms with E-state index < -0.39 is 12.4 Å². The summed E-state index contributed by atoms with van der Waals surface area (Å²) in [4.78, 5) is 3.56. The molecule has 0 aliphatic heterocycles. The maximum atomic E-state index is 12.5. The Morgan fingerprint density at radius 2 is 1.76 bits per heavy atom. The van der Waals surface area contributed by atoms with E-state index in [-0.39, 0.29) is 57.1 Å². The van der Waals surface area contributed by atoms with E-state index in [1.807, 2.05) is 30.3 Å². The summed E-state index contributed by atoms with van der Waals surface area (Å²) in [7, 11) is 0. The molecule has 0 saturated heterocycles. The third-order valence-electron chi connectivity index (χ3n) is 2.83. The van der Waals surface area contributed by atoms with E-state index in [0.717, 1.165) is 25.1 Å². The van der Waals surface area contributed by atoms with Crippen molar-refractivity contribution in [3.63, 3.8) is 0 Å². The Balaban J connectivity index is 0.00000220. The Hall–Kier alpha value is -0.339. The molecule has 106 valence electrons. The number of benzene rings is 1. The van der Waals surface area contributed by atoms with Gasteiger partial charge in [-0.2, -0.15) is 0 Å². The summed E-state index contributed by atoms with van der Waals surface area (Å²) >= 11 is 0. The van der Waals surface area contributed by atoms with Gasteiger partial charge in [0.05, 0.1) is 12.8 Å². The van der Waals surface area contributed by atoms with E-state index >= 15 is 0 Å². The molecule has 21 heavy (non-hydrogen) atoms. The van der Waals surface area contributed by atoms with Crippen LogP contribution >= 0.6 is 0 Å². The number of nitrogens with zero attached hydrogens (tertiary/aromatic N) is 1. The summed E-state index contributed by atoms with van der Waals surface area (Å²) in [6, 6.07) is 10.9. The fourth-order valence-electron chi connectivity index (χ4n) is 1.80. The average molecular weight is 319 g/mol. The standard InChI is InChI=1S/C14H14BF3NO.K/c16-15(17,18)13-9-14(11-19-10-13)20-8-4-7-12-5-2-1-3-6-12;/h1-3,5-6,9-11H,4,7-8H2;/q-1;+1. The normalized spacial score (nSPS) is 10.8. The molecule has 0 aliphatic rings. The van der Waals surface area contributed by atoms with Gasteiger partial charge in [-0.25, -0.2) is 0 Å². The average Bonchev–Trinajstić information content (AvgIpc) is 2.44. The summed E-state index contributed by atoms with van der Waals surface area (Å²) in [6.07, 6.45) is 3.69. The van der Waals surface area contributed by atoms with Crippen LogP contribution < -0.4 is 61.6 Å². The number of ether oxygens (including phenoxy) is 1. The van der Waals surface area contributed by atoms with Crippen LogP contribution in [-0.2, 0) is 6.42 Å². The number of halogens is 3. The molecule has 0 spiro atoms. The fraction of sp³-hybridized carbons (Fsp3) is 0.214.